The van der Waals surface area contributed by atoms with Crippen molar-refractivity contribution >= 4 is 11.7 Å². The maximum absolute atomic E-state index is 12.7. The van der Waals surface area contributed by atoms with Gasteiger partial charge in [0.15, 0.2) is 0 Å². The zero-order valence-corrected chi connectivity index (χ0v) is 10.9. The largest absolute Gasteiger partial charge is 0.462 e. The molecule has 1 aromatic rings. The molecule has 0 amide bonds. The third-order valence-corrected chi connectivity index (χ3v) is 2.25. The molecule has 0 aliphatic carbocycles. The Kier molecular flexibility index (Phi) is 4.97. The predicted octanol–water partition coefficient (Wildman–Crippen LogP) is 2.94. The number of ether oxygens (including phenoxy) is 1. The lowest BCUT2D eigenvalue weighted by molar-refractivity contribution is -0.145. The van der Waals surface area contributed by atoms with Gasteiger partial charge >= 0.3 is 12.1 Å². The van der Waals surface area contributed by atoms with Crippen molar-refractivity contribution in [2.45, 2.75) is 26.1 Å². The van der Waals surface area contributed by atoms with Crippen LogP contribution in [0.15, 0.2) is 18.2 Å². The summed E-state index contributed by atoms with van der Waals surface area (Å²) in [5.74, 6) is -0.571. The quantitative estimate of drug-likeness (QED) is 0.864. The van der Waals surface area contributed by atoms with Crippen molar-refractivity contribution in [3.63, 3.8) is 0 Å². The first-order chi connectivity index (χ1) is 9.24. The molecule has 0 unspecified atom stereocenters. The third-order valence-electron chi connectivity index (χ3n) is 2.25. The number of halogens is 3. The number of carbonyl (C=O) groups excluding carboxylic acids is 1. The summed E-state index contributed by atoms with van der Waals surface area (Å²) in [4.78, 5) is 11.3. The number of hydrogen-bond acceptors (Lipinski definition) is 4. The normalized spacial score (nSPS) is 11.1. The first-order valence-corrected chi connectivity index (χ1v) is 5.78. The highest BCUT2D eigenvalue weighted by Gasteiger charge is 2.33. The van der Waals surface area contributed by atoms with Gasteiger partial charge in [0, 0.05) is 5.69 Å². The average Bonchev–Trinajstić information content (AvgIpc) is 2.34. The zero-order valence-electron chi connectivity index (χ0n) is 10.9. The summed E-state index contributed by atoms with van der Waals surface area (Å²) in [6.45, 7) is 3.09. The second-order valence-corrected chi connectivity index (χ2v) is 4.26. The van der Waals surface area contributed by atoms with Crippen LogP contribution in [0.1, 0.15) is 25.0 Å². The van der Waals surface area contributed by atoms with Crippen LogP contribution >= 0.6 is 0 Å². The molecule has 0 aliphatic heterocycles. The Labute approximate surface area is 114 Å². The molecule has 0 radical (unpaired) electrons. The van der Waals surface area contributed by atoms with Crippen LogP contribution in [0.2, 0.25) is 0 Å². The van der Waals surface area contributed by atoms with Gasteiger partial charge in [0.25, 0.3) is 0 Å². The van der Waals surface area contributed by atoms with Crippen molar-refractivity contribution in [3.05, 3.63) is 29.3 Å². The Bertz CT molecular complexity index is 533. The van der Waals surface area contributed by atoms with Gasteiger partial charge < -0.3 is 10.1 Å². The van der Waals surface area contributed by atoms with E-state index in [9.17, 15) is 18.0 Å². The number of nitrogens with zero attached hydrogens (tertiary/aromatic N) is 1. The molecule has 1 aromatic carbocycles. The molecule has 0 aromatic heterocycles. The highest BCUT2D eigenvalue weighted by molar-refractivity contribution is 5.75. The molecule has 108 valence electrons. The Morgan fingerprint density at radius 1 is 1.45 bits per heavy atom. The van der Waals surface area contributed by atoms with Crippen LogP contribution in [0.4, 0.5) is 18.9 Å². The number of esters is 1. The van der Waals surface area contributed by atoms with Crippen LogP contribution in [-0.4, -0.2) is 18.6 Å². The maximum Gasteiger partial charge on any atom is 0.417 e. The topological polar surface area (TPSA) is 62.1 Å². The number of hydrogen-bond donors (Lipinski definition) is 1. The van der Waals surface area contributed by atoms with Crippen LogP contribution in [0, 0.1) is 11.3 Å². The molecule has 0 aliphatic rings. The second-order valence-electron chi connectivity index (χ2n) is 4.26. The molecule has 0 spiro atoms. The van der Waals surface area contributed by atoms with E-state index in [0.717, 1.165) is 12.1 Å². The number of anilines is 1. The van der Waals surface area contributed by atoms with Gasteiger partial charge in [-0.05, 0) is 32.0 Å². The fraction of sp³-hybridized carbons (Fsp3) is 0.385. The highest BCUT2D eigenvalue weighted by atomic mass is 19.4. The van der Waals surface area contributed by atoms with Gasteiger partial charge in [-0.15, -0.1) is 0 Å². The summed E-state index contributed by atoms with van der Waals surface area (Å²) >= 11 is 0. The summed E-state index contributed by atoms with van der Waals surface area (Å²) in [6.07, 6.45) is -4.92. The maximum atomic E-state index is 12.7. The molecule has 0 heterocycles. The Morgan fingerprint density at radius 3 is 2.60 bits per heavy atom. The lowest BCUT2D eigenvalue weighted by Crippen LogP contribution is -2.20. The van der Waals surface area contributed by atoms with Crippen molar-refractivity contribution in [3.8, 4) is 6.07 Å². The van der Waals surface area contributed by atoms with Crippen molar-refractivity contribution in [2.75, 3.05) is 11.9 Å². The molecule has 0 fully saturated rings. The molecule has 0 saturated carbocycles. The van der Waals surface area contributed by atoms with Crippen LogP contribution < -0.4 is 5.32 Å². The minimum absolute atomic E-state index is 0.0945. The van der Waals surface area contributed by atoms with Gasteiger partial charge in [-0.3, -0.25) is 4.79 Å². The number of rotatable bonds is 4. The summed E-state index contributed by atoms with van der Waals surface area (Å²) < 4.78 is 43.0. The lowest BCUT2D eigenvalue weighted by Gasteiger charge is -2.12. The Morgan fingerprint density at radius 2 is 2.10 bits per heavy atom. The number of alkyl halides is 3. The van der Waals surface area contributed by atoms with Crippen molar-refractivity contribution in [1.82, 2.24) is 0 Å². The number of nitriles is 1. The minimum atomic E-state index is -4.62. The van der Waals surface area contributed by atoms with Gasteiger partial charge in [-0.2, -0.15) is 18.4 Å². The van der Waals surface area contributed by atoms with E-state index in [1.54, 1.807) is 13.8 Å². The predicted molar refractivity (Wildman–Crippen MR) is 65.9 cm³/mol. The van der Waals surface area contributed by atoms with Gasteiger partial charge in [0.05, 0.1) is 23.3 Å². The van der Waals surface area contributed by atoms with E-state index in [1.807, 2.05) is 0 Å². The zero-order chi connectivity index (χ0) is 15.3. The van der Waals surface area contributed by atoms with Crippen LogP contribution in [0.25, 0.3) is 0 Å². The average molecular weight is 286 g/mol. The van der Waals surface area contributed by atoms with E-state index in [0.29, 0.717) is 0 Å². The second kappa shape index (κ2) is 6.28. The van der Waals surface area contributed by atoms with Crippen molar-refractivity contribution < 1.29 is 22.7 Å². The smallest absolute Gasteiger partial charge is 0.417 e. The fourth-order valence-electron chi connectivity index (χ4n) is 1.47. The van der Waals surface area contributed by atoms with Gasteiger partial charge in [-0.1, -0.05) is 0 Å². The first-order valence-electron chi connectivity index (χ1n) is 5.78. The van der Waals surface area contributed by atoms with E-state index in [2.05, 4.69) is 5.32 Å². The standard InChI is InChI=1S/C13H13F3N2O2/c1-8(2)20-12(19)7-18-10-4-3-9(6-17)11(5-10)13(14,15)16/h3-5,8,18H,7H2,1-2H3. The summed E-state index contributed by atoms with van der Waals surface area (Å²) in [5.41, 5.74) is -1.41. The van der Waals surface area contributed by atoms with Crippen molar-refractivity contribution in [1.29, 1.82) is 5.26 Å². The molecule has 1 N–H and O–H groups in total. The van der Waals surface area contributed by atoms with E-state index in [-0.39, 0.29) is 18.3 Å². The fourth-order valence-corrected chi connectivity index (χ4v) is 1.47. The molecule has 0 saturated heterocycles. The number of nitrogens with one attached hydrogen (secondary N) is 1. The van der Waals surface area contributed by atoms with E-state index < -0.39 is 23.3 Å². The van der Waals surface area contributed by atoms with Crippen LogP contribution in [-0.2, 0) is 15.7 Å². The third kappa shape index (κ3) is 4.46. The lowest BCUT2D eigenvalue weighted by atomic mass is 10.1. The summed E-state index contributed by atoms with van der Waals surface area (Å²) in [5, 5.41) is 11.2. The molecule has 1 rings (SSSR count). The van der Waals surface area contributed by atoms with Crippen molar-refractivity contribution in [2.24, 2.45) is 0 Å². The van der Waals surface area contributed by atoms with Gasteiger partial charge in [0.2, 0.25) is 0 Å². The van der Waals surface area contributed by atoms with Gasteiger partial charge in [0.1, 0.15) is 6.54 Å². The Balaban J connectivity index is 2.84. The van der Waals surface area contributed by atoms with E-state index >= 15 is 0 Å². The Hall–Kier alpha value is -2.23. The summed E-state index contributed by atoms with van der Waals surface area (Å²) in [6, 6.07) is 4.63. The minimum Gasteiger partial charge on any atom is -0.462 e. The molecule has 0 bridgehead atoms. The molecule has 7 heteroatoms. The number of benzene rings is 1. The van der Waals surface area contributed by atoms with Gasteiger partial charge in [-0.25, -0.2) is 0 Å². The molecule has 20 heavy (non-hydrogen) atoms. The molecular weight excluding hydrogens is 273 g/mol. The molecule has 4 nitrogen and oxygen atoms in total. The SMILES string of the molecule is CC(C)OC(=O)CNc1ccc(C#N)c(C(F)(F)F)c1. The van der Waals surface area contributed by atoms with Crippen LogP contribution in [0.3, 0.4) is 0 Å². The highest BCUT2D eigenvalue weighted by Crippen LogP contribution is 2.33. The van der Waals surface area contributed by atoms with E-state index in [1.165, 1.54) is 12.1 Å². The monoisotopic (exact) mass is 286 g/mol. The number of carbonyl (C=O) groups is 1. The molecule has 0 atom stereocenters. The molecular formula is C13H13F3N2O2. The van der Waals surface area contributed by atoms with Crippen LogP contribution in [0.5, 0.6) is 0 Å². The first kappa shape index (κ1) is 15.8. The summed E-state index contributed by atoms with van der Waals surface area (Å²) in [7, 11) is 0. The van der Waals surface area contributed by atoms with E-state index in [4.69, 9.17) is 10.00 Å².